The summed E-state index contributed by atoms with van der Waals surface area (Å²) in [7, 11) is -5.82. The lowest BCUT2D eigenvalue weighted by molar-refractivity contribution is -0.365. The van der Waals surface area contributed by atoms with Crippen LogP contribution in [0.4, 0.5) is 0 Å². The summed E-state index contributed by atoms with van der Waals surface area (Å²) in [4.78, 5) is 38.2. The highest BCUT2D eigenvalue weighted by atomic mass is 31.2. The molecule has 28 atom stereocenters. The van der Waals surface area contributed by atoms with Crippen LogP contribution < -0.4 is 0 Å². The van der Waals surface area contributed by atoms with Gasteiger partial charge in [-0.25, -0.2) is 4.57 Å². The number of aliphatic hydroxyl groups excluding tert-OH is 17. The van der Waals surface area contributed by atoms with Gasteiger partial charge in [0.2, 0.25) is 0 Å². The lowest BCUT2D eigenvalue weighted by atomic mass is 9.84. The molecule has 0 bridgehead atoms. The molecule has 34 heteroatoms. The Morgan fingerprint density at radius 3 is 1.09 bits per heavy atom. The van der Waals surface area contributed by atoms with E-state index in [2.05, 4.69) is 26.0 Å². The Hall–Kier alpha value is -2.21. The van der Waals surface area contributed by atoms with Crippen LogP contribution in [0.5, 0.6) is 0 Å². The van der Waals surface area contributed by atoms with Gasteiger partial charge in [-0.05, 0) is 38.5 Å². The largest absolute Gasteiger partial charge is 0.472 e. The standard InChI is InChI=1S/C70H127O33P/c1-3-5-7-9-11-13-15-17-19-21-22-24-26-28-30-32-34-47(73)92-38-42(96-48(74)35-33-31-29-27-25-23-20-18-16-14-12-10-8-6-4-2)39-95-104(90,91)103-66-64(101-69-62(88)54(80)50(76)44(37-72)98-69)58(84)57(83)59(85)65(66)102-70-63(89)56(82)52(78)46(100-70)41-94-68-61(87)55(81)51(77)45(99-68)40-93-67-60(86)53(79)49(75)43(36-71)97-67/h19,21,42-46,49-72,75-89H,3-18,20,22-41H2,1-2H3,(H,90,91)/b21-19-/t42-,43?,44?,45?,46?,49+,50-,51+,52+,53?,54?,55?,56?,57+,58?,59?,60+,61+,62-,63+,64-,65?,66+,67-,68-,69-,70+/m1/s1. The van der Waals surface area contributed by atoms with Crippen LogP contribution in [0.1, 0.15) is 213 Å². The highest BCUT2D eigenvalue weighted by Gasteiger charge is 2.59. The first kappa shape index (κ1) is 92.4. The molecule has 18 N–H and O–H groups in total. The van der Waals surface area contributed by atoms with E-state index in [4.69, 9.17) is 56.4 Å². The fourth-order valence-electron chi connectivity index (χ4n) is 13.2. The molecule has 0 radical (unpaired) electrons. The molecule has 1 aliphatic carbocycles. The third kappa shape index (κ3) is 30.5. The maximum absolute atomic E-state index is 14.4. The number of allylic oxidation sites excluding steroid dienone is 2. The molecule has 104 heavy (non-hydrogen) atoms. The first-order valence-corrected chi connectivity index (χ1v) is 39.5. The Morgan fingerprint density at radius 1 is 0.375 bits per heavy atom. The van der Waals surface area contributed by atoms with Crippen molar-refractivity contribution in [3.8, 4) is 0 Å². The predicted octanol–water partition coefficient (Wildman–Crippen LogP) is 0.748. The van der Waals surface area contributed by atoms with Gasteiger partial charge in [0.1, 0.15) is 141 Å². The van der Waals surface area contributed by atoms with Crippen molar-refractivity contribution in [2.24, 2.45) is 0 Å². The van der Waals surface area contributed by atoms with Crippen LogP contribution in [0.15, 0.2) is 12.2 Å². The average molecular weight is 1530 g/mol. The van der Waals surface area contributed by atoms with Gasteiger partial charge >= 0.3 is 19.8 Å². The Bertz CT molecular complexity index is 2370. The second-order valence-corrected chi connectivity index (χ2v) is 29.7. The molecule has 5 rings (SSSR count). The van der Waals surface area contributed by atoms with E-state index in [0.717, 1.165) is 70.6 Å². The molecule has 5 fully saturated rings. The number of hydrogen-bond donors (Lipinski definition) is 18. The van der Waals surface area contributed by atoms with E-state index in [1.807, 2.05) is 0 Å². The number of phosphoric acid groups is 1. The molecule has 4 aliphatic heterocycles. The van der Waals surface area contributed by atoms with Crippen molar-refractivity contribution >= 4 is 19.8 Å². The summed E-state index contributed by atoms with van der Waals surface area (Å²) in [6.07, 6.45) is -20.6. The van der Waals surface area contributed by atoms with E-state index < -0.39 is 225 Å². The van der Waals surface area contributed by atoms with Gasteiger partial charge in [-0.15, -0.1) is 0 Å². The fraction of sp³-hybridized carbons (Fsp3) is 0.943. The Morgan fingerprint density at radius 2 is 0.692 bits per heavy atom. The molecule has 4 saturated heterocycles. The first-order valence-electron chi connectivity index (χ1n) is 38.0. The summed E-state index contributed by atoms with van der Waals surface area (Å²) in [5.41, 5.74) is 0. The van der Waals surface area contributed by atoms with Gasteiger partial charge in [-0.3, -0.25) is 18.6 Å². The molecule has 0 aromatic heterocycles. The van der Waals surface area contributed by atoms with Crippen molar-refractivity contribution in [2.45, 2.75) is 378 Å². The number of phosphoric ester groups is 1. The number of unbranched alkanes of at least 4 members (excludes halogenated alkanes) is 26. The van der Waals surface area contributed by atoms with E-state index in [9.17, 15) is 106 Å². The van der Waals surface area contributed by atoms with Gasteiger partial charge in [-0.2, -0.15) is 0 Å². The lowest BCUT2D eigenvalue weighted by Gasteiger charge is -2.49. The van der Waals surface area contributed by atoms with Crippen molar-refractivity contribution in [2.75, 3.05) is 39.6 Å². The zero-order valence-electron chi connectivity index (χ0n) is 60.5. The second kappa shape index (κ2) is 49.9. The first-order chi connectivity index (χ1) is 49.8. The highest BCUT2D eigenvalue weighted by molar-refractivity contribution is 7.47. The number of ether oxygens (including phenoxy) is 10. The van der Waals surface area contributed by atoms with Crippen molar-refractivity contribution in [3.05, 3.63) is 12.2 Å². The van der Waals surface area contributed by atoms with Crippen LogP contribution in [0.3, 0.4) is 0 Å². The topological polar surface area (TPSA) is 526 Å². The maximum Gasteiger partial charge on any atom is 0.472 e. The highest BCUT2D eigenvalue weighted by Crippen LogP contribution is 2.49. The van der Waals surface area contributed by atoms with Gasteiger partial charge in [0.25, 0.3) is 0 Å². The predicted molar refractivity (Wildman–Crippen MR) is 366 cm³/mol. The second-order valence-electron chi connectivity index (χ2n) is 28.3. The van der Waals surface area contributed by atoms with Crippen LogP contribution in [-0.4, -0.2) is 309 Å². The number of rotatable bonds is 52. The van der Waals surface area contributed by atoms with Gasteiger partial charge in [0.05, 0.1) is 33.0 Å². The molecular weight excluding hydrogens is 1400 g/mol. The zero-order chi connectivity index (χ0) is 76.3. The number of carbonyl (C=O) groups is 2. The van der Waals surface area contributed by atoms with Crippen LogP contribution in [0.2, 0.25) is 0 Å². The van der Waals surface area contributed by atoms with E-state index >= 15 is 0 Å². The zero-order valence-corrected chi connectivity index (χ0v) is 61.4. The van der Waals surface area contributed by atoms with Gasteiger partial charge < -0.3 is 139 Å². The Kier molecular flexibility index (Phi) is 44.4. The van der Waals surface area contributed by atoms with Gasteiger partial charge in [-0.1, -0.05) is 174 Å². The smallest absolute Gasteiger partial charge is 0.462 e. The number of carbonyl (C=O) groups excluding carboxylic acids is 2. The monoisotopic (exact) mass is 1530 g/mol. The van der Waals surface area contributed by atoms with Gasteiger partial charge in [0.15, 0.2) is 31.3 Å². The molecule has 4 heterocycles. The number of esters is 2. The minimum Gasteiger partial charge on any atom is -0.462 e. The van der Waals surface area contributed by atoms with Crippen LogP contribution in [-0.2, 0) is 70.6 Å². The summed E-state index contributed by atoms with van der Waals surface area (Å²) in [5.74, 6) is -1.45. The Balaban J connectivity index is 1.28. The van der Waals surface area contributed by atoms with Crippen molar-refractivity contribution < 1.29 is 162 Å². The quantitative estimate of drug-likeness (QED) is 0.0173. The van der Waals surface area contributed by atoms with E-state index in [1.54, 1.807) is 0 Å². The van der Waals surface area contributed by atoms with Gasteiger partial charge in [0, 0.05) is 12.8 Å². The van der Waals surface area contributed by atoms with Crippen molar-refractivity contribution in [1.29, 1.82) is 0 Å². The number of hydrogen-bond acceptors (Lipinski definition) is 32. The van der Waals surface area contributed by atoms with E-state index in [1.165, 1.54) is 96.3 Å². The van der Waals surface area contributed by atoms with E-state index in [-0.39, 0.29) is 12.8 Å². The molecule has 12 unspecified atom stereocenters. The molecule has 610 valence electrons. The Labute approximate surface area is 610 Å². The van der Waals surface area contributed by atoms with Crippen LogP contribution in [0.25, 0.3) is 0 Å². The molecular formula is C70H127O33P. The van der Waals surface area contributed by atoms with Crippen molar-refractivity contribution in [1.82, 2.24) is 0 Å². The molecule has 33 nitrogen and oxygen atoms in total. The molecule has 1 saturated carbocycles. The number of aliphatic hydroxyl groups is 17. The minimum absolute atomic E-state index is 0.0118. The average Bonchev–Trinajstić information content (AvgIpc) is 0.768. The summed E-state index contributed by atoms with van der Waals surface area (Å²) >= 11 is 0. The summed E-state index contributed by atoms with van der Waals surface area (Å²) in [6.45, 7) is -0.892. The maximum atomic E-state index is 14.4. The SMILES string of the molecule is CCCCCCCCC/C=C\CCCCCCCC(=O)OC[C@H](COP(=O)(O)O[C@@H]1C(O[C@@H]2OC(CO[C@@H]3OC(CO[C@@H]4OC(CO)[C@H](O)C(O)[C@@H]4O)[C@H](O)C(O)[C@@H]3O)[C@H](O)C(O)[C@@H]2O)C(O)[C@@H](O)C(O)[C@H]1O[C@H]1OC(CO)[C@@H](O)C(O)[C@H]1O)OC(=O)CCCCCCCCCCCCCCCCC. The third-order valence-corrected chi connectivity index (χ3v) is 20.8. The molecule has 0 aromatic rings. The normalized spacial score (nSPS) is 35.8. The van der Waals surface area contributed by atoms with Crippen molar-refractivity contribution in [3.63, 3.8) is 0 Å². The minimum atomic E-state index is -5.82. The summed E-state index contributed by atoms with van der Waals surface area (Å²) < 4.78 is 81.5. The lowest BCUT2D eigenvalue weighted by Crippen LogP contribution is -2.69. The molecule has 0 spiro atoms. The van der Waals surface area contributed by atoms with Crippen LogP contribution in [0, 0.1) is 0 Å². The third-order valence-electron chi connectivity index (χ3n) is 19.8. The molecule has 5 aliphatic rings. The fourth-order valence-corrected chi connectivity index (χ4v) is 14.1. The summed E-state index contributed by atoms with van der Waals surface area (Å²) in [5, 5.41) is 184. The van der Waals surface area contributed by atoms with Crippen LogP contribution >= 0.6 is 7.82 Å². The van der Waals surface area contributed by atoms with E-state index in [0.29, 0.717) is 19.3 Å². The summed E-state index contributed by atoms with van der Waals surface area (Å²) in [6, 6.07) is 0. The molecule has 0 amide bonds. The molecule has 0 aromatic carbocycles.